The summed E-state index contributed by atoms with van der Waals surface area (Å²) in [5.41, 5.74) is 1.14. The smallest absolute Gasteiger partial charge is 0.134 e. The first-order chi connectivity index (χ1) is 9.69. The van der Waals surface area contributed by atoms with Crippen LogP contribution in [-0.2, 0) is 11.2 Å². The highest BCUT2D eigenvalue weighted by Gasteiger charge is 2.08. The first-order valence-corrected chi connectivity index (χ1v) is 7.58. The molecule has 0 aromatic carbocycles. The summed E-state index contributed by atoms with van der Waals surface area (Å²) < 4.78 is 5.60. The SMILES string of the molecule is CCNc1ncnc(NCCOCCC(C)C)c1CC. The van der Waals surface area contributed by atoms with E-state index in [9.17, 15) is 0 Å². The number of hydrogen-bond donors (Lipinski definition) is 2. The summed E-state index contributed by atoms with van der Waals surface area (Å²) in [5.74, 6) is 2.53. The number of nitrogens with one attached hydrogen (secondary N) is 2. The third-order valence-corrected chi connectivity index (χ3v) is 3.02. The maximum absolute atomic E-state index is 5.60. The molecular formula is C15H28N4O. The van der Waals surface area contributed by atoms with Crippen LogP contribution in [0.1, 0.15) is 39.7 Å². The van der Waals surface area contributed by atoms with Crippen LogP contribution in [0.25, 0.3) is 0 Å². The van der Waals surface area contributed by atoms with Crippen molar-refractivity contribution in [2.45, 2.75) is 40.5 Å². The van der Waals surface area contributed by atoms with Crippen LogP contribution in [0.3, 0.4) is 0 Å². The first kappa shape index (κ1) is 16.7. The van der Waals surface area contributed by atoms with Gasteiger partial charge in [0, 0.05) is 25.3 Å². The maximum atomic E-state index is 5.60. The zero-order valence-corrected chi connectivity index (χ0v) is 13.2. The number of ether oxygens (including phenoxy) is 1. The average Bonchev–Trinajstić information content (AvgIpc) is 2.43. The average molecular weight is 280 g/mol. The van der Waals surface area contributed by atoms with Crippen LogP contribution in [0.5, 0.6) is 0 Å². The highest BCUT2D eigenvalue weighted by molar-refractivity contribution is 5.57. The summed E-state index contributed by atoms with van der Waals surface area (Å²) >= 11 is 0. The standard InChI is InChI=1S/C15H28N4O/c1-5-13-14(16-6-2)18-11-19-15(13)17-8-10-20-9-7-12(3)4/h11-12H,5-10H2,1-4H3,(H2,16,17,18,19). The Bertz CT molecular complexity index is 382. The Morgan fingerprint density at radius 2 is 1.80 bits per heavy atom. The van der Waals surface area contributed by atoms with Crippen molar-refractivity contribution in [2.75, 3.05) is 36.9 Å². The molecule has 114 valence electrons. The van der Waals surface area contributed by atoms with Crippen molar-refractivity contribution in [2.24, 2.45) is 5.92 Å². The molecule has 1 rings (SSSR count). The van der Waals surface area contributed by atoms with Gasteiger partial charge in [-0.15, -0.1) is 0 Å². The van der Waals surface area contributed by atoms with Crippen molar-refractivity contribution >= 4 is 11.6 Å². The second kappa shape index (κ2) is 9.53. The van der Waals surface area contributed by atoms with Crippen molar-refractivity contribution in [1.82, 2.24) is 9.97 Å². The highest BCUT2D eigenvalue weighted by atomic mass is 16.5. The third-order valence-electron chi connectivity index (χ3n) is 3.02. The van der Waals surface area contributed by atoms with Crippen LogP contribution in [0.15, 0.2) is 6.33 Å². The van der Waals surface area contributed by atoms with E-state index in [0.717, 1.165) is 49.7 Å². The number of rotatable bonds is 10. The van der Waals surface area contributed by atoms with Crippen molar-refractivity contribution in [3.63, 3.8) is 0 Å². The summed E-state index contributed by atoms with van der Waals surface area (Å²) in [6.07, 6.45) is 3.61. The van der Waals surface area contributed by atoms with Crippen LogP contribution in [-0.4, -0.2) is 36.3 Å². The lowest BCUT2D eigenvalue weighted by Gasteiger charge is -2.14. The van der Waals surface area contributed by atoms with Crippen molar-refractivity contribution in [1.29, 1.82) is 0 Å². The summed E-state index contributed by atoms with van der Waals surface area (Å²) in [7, 11) is 0. The van der Waals surface area contributed by atoms with Gasteiger partial charge in [0.15, 0.2) is 0 Å². The molecule has 0 spiro atoms. The molecule has 0 aliphatic carbocycles. The van der Waals surface area contributed by atoms with E-state index in [1.165, 1.54) is 0 Å². The zero-order valence-electron chi connectivity index (χ0n) is 13.2. The Hall–Kier alpha value is -1.36. The van der Waals surface area contributed by atoms with Crippen LogP contribution >= 0.6 is 0 Å². The van der Waals surface area contributed by atoms with Gasteiger partial charge < -0.3 is 15.4 Å². The lowest BCUT2D eigenvalue weighted by Crippen LogP contribution is -2.14. The summed E-state index contributed by atoms with van der Waals surface area (Å²) in [5, 5.41) is 6.60. The van der Waals surface area contributed by atoms with Gasteiger partial charge in [-0.2, -0.15) is 0 Å². The second-order valence-corrected chi connectivity index (χ2v) is 5.15. The first-order valence-electron chi connectivity index (χ1n) is 7.58. The van der Waals surface area contributed by atoms with Crippen LogP contribution in [0.2, 0.25) is 0 Å². The predicted molar refractivity (Wildman–Crippen MR) is 84.3 cm³/mol. The molecule has 5 heteroatoms. The van der Waals surface area contributed by atoms with E-state index in [1.54, 1.807) is 6.33 Å². The Morgan fingerprint density at radius 1 is 1.10 bits per heavy atom. The van der Waals surface area contributed by atoms with E-state index in [4.69, 9.17) is 4.74 Å². The minimum absolute atomic E-state index is 0.694. The summed E-state index contributed by atoms with van der Waals surface area (Å²) in [4.78, 5) is 8.60. The molecule has 0 saturated heterocycles. The predicted octanol–water partition coefficient (Wildman–Crippen LogP) is 2.95. The molecule has 20 heavy (non-hydrogen) atoms. The molecule has 0 atom stereocenters. The number of hydrogen-bond acceptors (Lipinski definition) is 5. The van der Waals surface area contributed by atoms with Gasteiger partial charge in [0.05, 0.1) is 6.61 Å². The molecule has 0 amide bonds. The molecule has 0 aliphatic heterocycles. The van der Waals surface area contributed by atoms with Gasteiger partial charge in [-0.05, 0) is 25.7 Å². The molecule has 1 aromatic rings. The largest absolute Gasteiger partial charge is 0.380 e. The molecule has 0 unspecified atom stereocenters. The second-order valence-electron chi connectivity index (χ2n) is 5.15. The van der Waals surface area contributed by atoms with Gasteiger partial charge in [0.25, 0.3) is 0 Å². The molecular weight excluding hydrogens is 252 g/mol. The molecule has 0 aliphatic rings. The van der Waals surface area contributed by atoms with Gasteiger partial charge in [-0.1, -0.05) is 20.8 Å². The van der Waals surface area contributed by atoms with Gasteiger partial charge in [0.2, 0.25) is 0 Å². The summed E-state index contributed by atoms with van der Waals surface area (Å²) in [6, 6.07) is 0. The van der Waals surface area contributed by atoms with E-state index in [-0.39, 0.29) is 0 Å². The van der Waals surface area contributed by atoms with Crippen LogP contribution < -0.4 is 10.6 Å². The molecule has 1 aromatic heterocycles. The summed E-state index contributed by atoms with van der Waals surface area (Å²) in [6.45, 7) is 11.8. The maximum Gasteiger partial charge on any atom is 0.134 e. The molecule has 0 fully saturated rings. The fourth-order valence-corrected chi connectivity index (χ4v) is 1.88. The number of anilines is 2. The molecule has 1 heterocycles. The Labute approximate surface area is 122 Å². The van der Waals surface area contributed by atoms with E-state index in [1.807, 2.05) is 0 Å². The Morgan fingerprint density at radius 3 is 2.40 bits per heavy atom. The topological polar surface area (TPSA) is 59.1 Å². The van der Waals surface area contributed by atoms with Gasteiger partial charge in [-0.25, -0.2) is 9.97 Å². The lowest BCUT2D eigenvalue weighted by atomic mass is 10.1. The molecule has 5 nitrogen and oxygen atoms in total. The number of nitrogens with zero attached hydrogens (tertiary/aromatic N) is 2. The zero-order chi connectivity index (χ0) is 14.8. The number of aromatic nitrogens is 2. The molecule has 0 radical (unpaired) electrons. The van der Waals surface area contributed by atoms with Crippen LogP contribution in [0, 0.1) is 5.92 Å². The minimum atomic E-state index is 0.694. The third kappa shape index (κ3) is 5.74. The van der Waals surface area contributed by atoms with E-state index >= 15 is 0 Å². The molecule has 0 bridgehead atoms. The molecule has 2 N–H and O–H groups in total. The fourth-order valence-electron chi connectivity index (χ4n) is 1.88. The highest BCUT2D eigenvalue weighted by Crippen LogP contribution is 2.19. The van der Waals surface area contributed by atoms with E-state index in [0.29, 0.717) is 12.5 Å². The lowest BCUT2D eigenvalue weighted by molar-refractivity contribution is 0.132. The minimum Gasteiger partial charge on any atom is -0.380 e. The van der Waals surface area contributed by atoms with Crippen molar-refractivity contribution in [3.8, 4) is 0 Å². The molecule has 0 saturated carbocycles. The van der Waals surface area contributed by atoms with Crippen molar-refractivity contribution in [3.05, 3.63) is 11.9 Å². The van der Waals surface area contributed by atoms with Gasteiger partial charge in [0.1, 0.15) is 18.0 Å². The monoisotopic (exact) mass is 280 g/mol. The van der Waals surface area contributed by atoms with Crippen LogP contribution in [0.4, 0.5) is 11.6 Å². The van der Waals surface area contributed by atoms with Gasteiger partial charge in [-0.3, -0.25) is 0 Å². The van der Waals surface area contributed by atoms with Gasteiger partial charge >= 0.3 is 0 Å². The Balaban J connectivity index is 2.41. The quantitative estimate of drug-likeness (QED) is 0.645. The normalized spacial score (nSPS) is 10.8. The van der Waals surface area contributed by atoms with E-state index < -0.39 is 0 Å². The van der Waals surface area contributed by atoms with E-state index in [2.05, 4.69) is 48.3 Å². The van der Waals surface area contributed by atoms with Crippen molar-refractivity contribution < 1.29 is 4.74 Å². The Kier molecular flexibility index (Phi) is 7.95. The fraction of sp³-hybridized carbons (Fsp3) is 0.733.